The highest BCUT2D eigenvalue weighted by Crippen LogP contribution is 2.37. The lowest BCUT2D eigenvalue weighted by atomic mass is 9.94. The quantitative estimate of drug-likeness (QED) is 0.0938. The van der Waals surface area contributed by atoms with Gasteiger partial charge in [-0.3, -0.25) is 14.7 Å². The number of unbranched alkanes of at least 4 members (excludes halogenated alkanes) is 1. The van der Waals surface area contributed by atoms with Gasteiger partial charge in [-0.25, -0.2) is 4.98 Å². The standard InChI is InChI=1S/C31H36N6O3S/c1-20(10-8-9-14-35(3)4)16-22-17-28(40-5)25(18-27(22)37(38)39)33-31-32-24-13-15-41-29(24)30(34-31)36-19-21(2)23-11-6-7-12-26(23)36/h6-7,11-13,15,17-20H,8-10,14,16H2,1-5H3,(H,32,33,34). The molecule has 1 N–H and O–H groups in total. The number of hydrogen-bond acceptors (Lipinski definition) is 8. The van der Waals surface area contributed by atoms with Gasteiger partial charge in [-0.1, -0.05) is 38.0 Å². The molecule has 0 saturated heterocycles. The molecule has 214 valence electrons. The molecule has 0 radical (unpaired) electrons. The maximum atomic E-state index is 12.1. The highest BCUT2D eigenvalue weighted by molar-refractivity contribution is 7.17. The number of hydrogen-bond donors (Lipinski definition) is 1. The van der Waals surface area contributed by atoms with Gasteiger partial charge in [0.1, 0.15) is 5.75 Å². The van der Waals surface area contributed by atoms with Crippen LogP contribution in [0.15, 0.2) is 54.0 Å². The monoisotopic (exact) mass is 572 g/mol. The van der Waals surface area contributed by atoms with Crippen LogP contribution in [0.3, 0.4) is 0 Å². The zero-order chi connectivity index (χ0) is 29.1. The lowest BCUT2D eigenvalue weighted by Crippen LogP contribution is -2.13. The van der Waals surface area contributed by atoms with Gasteiger partial charge in [0.2, 0.25) is 5.95 Å². The van der Waals surface area contributed by atoms with Gasteiger partial charge in [0.05, 0.1) is 33.5 Å². The predicted molar refractivity (Wildman–Crippen MR) is 167 cm³/mol. The number of fused-ring (bicyclic) bond motifs is 2. The smallest absolute Gasteiger partial charge is 0.274 e. The van der Waals surface area contributed by atoms with E-state index in [0.717, 1.165) is 58.3 Å². The van der Waals surface area contributed by atoms with E-state index in [-0.39, 0.29) is 10.6 Å². The van der Waals surface area contributed by atoms with Gasteiger partial charge in [-0.05, 0) is 75.5 Å². The molecular formula is C31H36N6O3S. The van der Waals surface area contributed by atoms with Crippen LogP contribution in [0.5, 0.6) is 5.75 Å². The molecule has 10 heteroatoms. The third-order valence-electron chi connectivity index (χ3n) is 7.39. The van der Waals surface area contributed by atoms with E-state index in [1.54, 1.807) is 30.6 Å². The average Bonchev–Trinajstić information content (AvgIpc) is 3.55. The highest BCUT2D eigenvalue weighted by Gasteiger charge is 2.22. The van der Waals surface area contributed by atoms with Crippen molar-refractivity contribution in [3.8, 4) is 11.6 Å². The molecule has 1 atom stereocenters. The second kappa shape index (κ2) is 12.2. The molecule has 0 amide bonds. The van der Waals surface area contributed by atoms with Gasteiger partial charge >= 0.3 is 0 Å². The Bertz CT molecular complexity index is 1690. The summed E-state index contributed by atoms with van der Waals surface area (Å²) < 4.78 is 8.74. The second-order valence-electron chi connectivity index (χ2n) is 10.9. The first-order valence-corrected chi connectivity index (χ1v) is 14.7. The molecule has 41 heavy (non-hydrogen) atoms. The first kappa shape index (κ1) is 28.5. The number of aryl methyl sites for hydroxylation is 1. The summed E-state index contributed by atoms with van der Waals surface area (Å²) in [6, 6.07) is 13.5. The number of methoxy groups -OCH3 is 1. The summed E-state index contributed by atoms with van der Waals surface area (Å²) in [6.07, 6.45) is 5.90. The van der Waals surface area contributed by atoms with E-state index in [4.69, 9.17) is 14.7 Å². The number of para-hydroxylation sites is 1. The first-order valence-electron chi connectivity index (χ1n) is 13.8. The Morgan fingerprint density at radius 1 is 1.17 bits per heavy atom. The van der Waals surface area contributed by atoms with Crippen molar-refractivity contribution in [3.63, 3.8) is 0 Å². The number of rotatable bonds is 12. The molecule has 0 aliphatic heterocycles. The lowest BCUT2D eigenvalue weighted by molar-refractivity contribution is -0.385. The average molecular weight is 573 g/mol. The van der Waals surface area contributed by atoms with Gasteiger partial charge < -0.3 is 15.0 Å². The van der Waals surface area contributed by atoms with Crippen molar-refractivity contribution >= 4 is 49.8 Å². The summed E-state index contributed by atoms with van der Waals surface area (Å²) in [5, 5.41) is 18.5. The Labute approximate surface area is 243 Å². The van der Waals surface area contributed by atoms with Gasteiger partial charge in [-0.15, -0.1) is 11.3 Å². The Kier molecular flexibility index (Phi) is 8.51. The van der Waals surface area contributed by atoms with Crippen LogP contribution in [0, 0.1) is 23.0 Å². The van der Waals surface area contributed by atoms with E-state index >= 15 is 0 Å². The van der Waals surface area contributed by atoms with Gasteiger partial charge in [0, 0.05) is 23.2 Å². The third-order valence-corrected chi connectivity index (χ3v) is 8.29. The van der Waals surface area contributed by atoms with E-state index in [0.29, 0.717) is 35.3 Å². The normalized spacial score (nSPS) is 12.3. The third kappa shape index (κ3) is 6.18. The van der Waals surface area contributed by atoms with E-state index in [1.165, 1.54) is 0 Å². The molecule has 3 heterocycles. The molecule has 0 aliphatic carbocycles. The van der Waals surface area contributed by atoms with Crippen LogP contribution in [0.25, 0.3) is 26.9 Å². The zero-order valence-corrected chi connectivity index (χ0v) is 25.0. The minimum atomic E-state index is -0.318. The molecule has 0 aliphatic rings. The van der Waals surface area contributed by atoms with Crippen LogP contribution >= 0.6 is 11.3 Å². The number of thiophene rings is 1. The molecular weight excluding hydrogens is 536 g/mol. The summed E-state index contributed by atoms with van der Waals surface area (Å²) in [5.74, 6) is 1.93. The Balaban J connectivity index is 1.47. The molecule has 0 bridgehead atoms. The van der Waals surface area contributed by atoms with Crippen molar-refractivity contribution < 1.29 is 9.66 Å². The van der Waals surface area contributed by atoms with E-state index in [2.05, 4.69) is 61.1 Å². The number of ether oxygens (including phenoxy) is 1. The maximum Gasteiger partial charge on any atom is 0.274 e. The minimum Gasteiger partial charge on any atom is -0.495 e. The number of aromatic nitrogens is 3. The Morgan fingerprint density at radius 2 is 1.98 bits per heavy atom. The molecule has 3 aromatic heterocycles. The minimum absolute atomic E-state index is 0.0669. The van der Waals surface area contributed by atoms with Crippen LogP contribution in [-0.4, -0.2) is 52.1 Å². The fourth-order valence-corrected chi connectivity index (χ4v) is 6.14. The fraction of sp³-hybridized carbons (Fsp3) is 0.355. The van der Waals surface area contributed by atoms with Gasteiger partial charge in [0.15, 0.2) is 5.82 Å². The van der Waals surface area contributed by atoms with E-state index < -0.39 is 0 Å². The SMILES string of the molecule is COc1cc(CC(C)CCCCN(C)C)c([N+](=O)[O-])cc1Nc1nc(-n2cc(C)c3ccccc32)c2sccc2n1. The number of benzene rings is 2. The maximum absolute atomic E-state index is 12.1. The lowest BCUT2D eigenvalue weighted by Gasteiger charge is -2.16. The number of nitro benzene ring substituents is 1. The van der Waals surface area contributed by atoms with E-state index in [9.17, 15) is 10.1 Å². The van der Waals surface area contributed by atoms with Gasteiger partial charge in [-0.2, -0.15) is 4.98 Å². The van der Waals surface area contributed by atoms with Crippen LogP contribution in [0.2, 0.25) is 0 Å². The first-order chi connectivity index (χ1) is 19.7. The van der Waals surface area contributed by atoms with Crippen molar-refractivity contribution in [1.82, 2.24) is 19.4 Å². The van der Waals surface area contributed by atoms with E-state index in [1.807, 2.05) is 23.6 Å². The highest BCUT2D eigenvalue weighted by atomic mass is 32.1. The van der Waals surface area contributed by atoms with Crippen molar-refractivity contribution in [1.29, 1.82) is 0 Å². The van der Waals surface area contributed by atoms with Crippen LogP contribution < -0.4 is 10.1 Å². The van der Waals surface area contributed by atoms with Gasteiger partial charge in [0.25, 0.3) is 5.69 Å². The summed E-state index contributed by atoms with van der Waals surface area (Å²) in [7, 11) is 5.72. The fourth-order valence-electron chi connectivity index (χ4n) is 5.32. The molecule has 0 fully saturated rings. The summed E-state index contributed by atoms with van der Waals surface area (Å²) in [6.45, 7) is 5.28. The molecule has 5 rings (SSSR count). The number of nitro groups is 1. The van der Waals surface area contributed by atoms with Crippen molar-refractivity contribution in [2.45, 2.75) is 39.5 Å². The van der Waals surface area contributed by atoms with Crippen molar-refractivity contribution in [2.24, 2.45) is 5.92 Å². The van der Waals surface area contributed by atoms with Crippen molar-refractivity contribution in [3.05, 3.63) is 75.3 Å². The molecule has 9 nitrogen and oxygen atoms in total. The summed E-state index contributed by atoms with van der Waals surface area (Å²) >= 11 is 1.58. The number of nitrogens with one attached hydrogen (secondary N) is 1. The Morgan fingerprint density at radius 3 is 2.73 bits per heavy atom. The topological polar surface area (TPSA) is 98.4 Å². The zero-order valence-electron chi connectivity index (χ0n) is 24.2. The van der Waals surface area contributed by atoms with Crippen LogP contribution in [0.1, 0.15) is 37.3 Å². The Hall–Kier alpha value is -4.02. The molecule has 5 aromatic rings. The van der Waals surface area contributed by atoms with Crippen LogP contribution in [-0.2, 0) is 6.42 Å². The molecule has 2 aromatic carbocycles. The van der Waals surface area contributed by atoms with Crippen molar-refractivity contribution in [2.75, 3.05) is 33.1 Å². The molecule has 0 spiro atoms. The largest absolute Gasteiger partial charge is 0.495 e. The summed E-state index contributed by atoms with van der Waals surface area (Å²) in [5.41, 5.74) is 4.19. The summed E-state index contributed by atoms with van der Waals surface area (Å²) in [4.78, 5) is 23.6. The second-order valence-corrected chi connectivity index (χ2v) is 11.8. The molecule has 0 saturated carbocycles. The number of nitrogens with zero attached hydrogens (tertiary/aromatic N) is 5. The predicted octanol–water partition coefficient (Wildman–Crippen LogP) is 7.51. The molecule has 1 unspecified atom stereocenters. The van der Waals surface area contributed by atoms with Crippen LogP contribution in [0.4, 0.5) is 17.3 Å². The number of anilines is 2.